The summed E-state index contributed by atoms with van der Waals surface area (Å²) < 4.78 is 1.61. The highest BCUT2D eigenvalue weighted by atomic mass is 16.1. The molecular weight excluding hydrogens is 348 g/mol. The minimum Gasteiger partial charge on any atom is -0.296 e. The zero-order chi connectivity index (χ0) is 18.9. The van der Waals surface area contributed by atoms with E-state index in [1.165, 1.54) is 24.9 Å². The van der Waals surface area contributed by atoms with Gasteiger partial charge in [-0.05, 0) is 36.5 Å². The molecule has 144 valence electrons. The summed E-state index contributed by atoms with van der Waals surface area (Å²) in [6, 6.07) is 18.8. The fourth-order valence-corrected chi connectivity index (χ4v) is 4.83. The van der Waals surface area contributed by atoms with Gasteiger partial charge in [-0.2, -0.15) is 0 Å². The maximum Gasteiger partial charge on any atom is 0.258 e. The van der Waals surface area contributed by atoms with Crippen molar-refractivity contribution in [1.82, 2.24) is 19.2 Å². The molecule has 0 unspecified atom stereocenters. The number of nitrogens with zero attached hydrogens (tertiary/aromatic N) is 4. The Morgan fingerprint density at radius 3 is 2.68 bits per heavy atom. The van der Waals surface area contributed by atoms with E-state index in [0.717, 1.165) is 37.5 Å². The second kappa shape index (κ2) is 7.49. The minimum atomic E-state index is 0.00379. The van der Waals surface area contributed by atoms with Crippen LogP contribution in [-0.2, 0) is 13.1 Å². The molecule has 6 rings (SSSR count). The highest BCUT2D eigenvalue weighted by Gasteiger charge is 2.34. The molecule has 3 aliphatic rings. The molecule has 0 spiro atoms. The number of fused-ring (bicyclic) bond motifs is 5. The zero-order valence-corrected chi connectivity index (χ0v) is 16.1. The molecule has 2 aromatic heterocycles. The number of piperidine rings is 1. The number of aromatic nitrogens is 2. The molecule has 0 radical (unpaired) electrons. The lowest BCUT2D eigenvalue weighted by Gasteiger charge is -2.36. The normalized spacial score (nSPS) is 23.1. The summed E-state index contributed by atoms with van der Waals surface area (Å²) in [7, 11) is 0. The fraction of sp³-hybridized carbons (Fsp3) is 0.391. The first-order valence-corrected chi connectivity index (χ1v) is 10.2. The van der Waals surface area contributed by atoms with Crippen molar-refractivity contribution >= 4 is 5.65 Å². The minimum absolute atomic E-state index is 0.00379. The van der Waals surface area contributed by atoms with E-state index in [2.05, 4.69) is 40.1 Å². The first-order chi connectivity index (χ1) is 13.7. The van der Waals surface area contributed by atoms with E-state index >= 15 is 0 Å². The van der Waals surface area contributed by atoms with Crippen LogP contribution in [-0.4, -0.2) is 44.9 Å². The maximum atomic E-state index is 12.4. The summed E-state index contributed by atoms with van der Waals surface area (Å²) in [5, 5.41) is 0. The average molecular weight is 374 g/mol. The molecule has 3 fully saturated rings. The summed E-state index contributed by atoms with van der Waals surface area (Å²) >= 11 is 0. The van der Waals surface area contributed by atoms with Crippen molar-refractivity contribution in [1.29, 1.82) is 0 Å². The fourth-order valence-electron chi connectivity index (χ4n) is 4.83. The Labute approximate surface area is 165 Å². The Bertz CT molecular complexity index is 1020. The van der Waals surface area contributed by atoms with Crippen LogP contribution in [0.3, 0.4) is 0 Å². The number of pyridine rings is 1. The van der Waals surface area contributed by atoms with Crippen LogP contribution in [0.1, 0.15) is 24.1 Å². The molecule has 0 amide bonds. The van der Waals surface area contributed by atoms with E-state index in [1.807, 2.05) is 18.2 Å². The topological polar surface area (TPSA) is 40.9 Å². The van der Waals surface area contributed by atoms with Crippen molar-refractivity contribution in [3.05, 3.63) is 82.4 Å². The van der Waals surface area contributed by atoms with Gasteiger partial charge in [0.2, 0.25) is 0 Å². The van der Waals surface area contributed by atoms with E-state index in [9.17, 15) is 4.79 Å². The predicted octanol–water partition coefficient (Wildman–Crippen LogP) is 2.79. The van der Waals surface area contributed by atoms with Crippen LogP contribution in [0.5, 0.6) is 0 Å². The maximum absolute atomic E-state index is 12.4. The molecule has 28 heavy (non-hydrogen) atoms. The standard InChI is InChI=1S/C23H26N4O/c28-23-12-20(24-22-8-4-5-11-27(22)23)16-25-13-19-9-10-21(17-25)26(15-19)14-18-6-2-1-3-7-18/h1-8,11-12,19,21H,9-10,13-17H2/t19-,21+/m0/s1. The lowest BCUT2D eigenvalue weighted by atomic mass is 9.94. The van der Waals surface area contributed by atoms with Gasteiger partial charge in [0.1, 0.15) is 5.65 Å². The molecule has 5 nitrogen and oxygen atoms in total. The Hall–Kier alpha value is -2.50. The Balaban J connectivity index is 1.33. The highest BCUT2D eigenvalue weighted by molar-refractivity contribution is 5.38. The van der Waals surface area contributed by atoms with E-state index in [4.69, 9.17) is 4.98 Å². The molecule has 3 aliphatic heterocycles. The largest absolute Gasteiger partial charge is 0.296 e. The van der Waals surface area contributed by atoms with Crippen molar-refractivity contribution in [2.45, 2.75) is 32.0 Å². The zero-order valence-electron chi connectivity index (χ0n) is 16.1. The van der Waals surface area contributed by atoms with Crippen LogP contribution in [0.4, 0.5) is 0 Å². The molecule has 5 heterocycles. The SMILES string of the molecule is O=c1cc(CN2C[C@@H]3CC[C@H](C2)N(Cc2ccccc2)C3)nc2ccccn12. The molecular formula is C23H26N4O. The summed E-state index contributed by atoms with van der Waals surface area (Å²) in [5.41, 5.74) is 3.01. The molecule has 2 bridgehead atoms. The van der Waals surface area contributed by atoms with E-state index in [0.29, 0.717) is 12.0 Å². The van der Waals surface area contributed by atoms with Crippen LogP contribution in [0.15, 0.2) is 65.6 Å². The van der Waals surface area contributed by atoms with Gasteiger partial charge >= 0.3 is 0 Å². The average Bonchev–Trinajstić information content (AvgIpc) is 2.99. The first-order valence-electron chi connectivity index (χ1n) is 10.2. The van der Waals surface area contributed by atoms with Gasteiger partial charge < -0.3 is 0 Å². The molecule has 0 N–H and O–H groups in total. The van der Waals surface area contributed by atoms with Gasteiger partial charge in [-0.25, -0.2) is 4.98 Å². The Kier molecular flexibility index (Phi) is 4.71. The lowest BCUT2D eigenvalue weighted by Crippen LogP contribution is -2.43. The van der Waals surface area contributed by atoms with Gasteiger partial charge in [-0.1, -0.05) is 36.4 Å². The van der Waals surface area contributed by atoms with Crippen LogP contribution in [0.25, 0.3) is 5.65 Å². The van der Waals surface area contributed by atoms with Gasteiger partial charge in [0.05, 0.1) is 5.69 Å². The predicted molar refractivity (Wildman–Crippen MR) is 110 cm³/mol. The van der Waals surface area contributed by atoms with Gasteiger partial charge in [-0.3, -0.25) is 19.0 Å². The van der Waals surface area contributed by atoms with E-state index < -0.39 is 0 Å². The third-order valence-corrected chi connectivity index (χ3v) is 6.14. The van der Waals surface area contributed by atoms with E-state index in [-0.39, 0.29) is 5.56 Å². The third kappa shape index (κ3) is 3.60. The Morgan fingerprint density at radius 2 is 1.79 bits per heavy atom. The molecule has 5 heteroatoms. The molecule has 0 aliphatic carbocycles. The van der Waals surface area contributed by atoms with Crippen molar-refractivity contribution < 1.29 is 0 Å². The quantitative estimate of drug-likeness (QED) is 0.704. The van der Waals surface area contributed by atoms with Gasteiger partial charge in [0.15, 0.2) is 0 Å². The summed E-state index contributed by atoms with van der Waals surface area (Å²) in [6.45, 7) is 5.11. The summed E-state index contributed by atoms with van der Waals surface area (Å²) in [4.78, 5) is 22.3. The first kappa shape index (κ1) is 17.6. The third-order valence-electron chi connectivity index (χ3n) is 6.14. The van der Waals surface area contributed by atoms with Crippen molar-refractivity contribution in [2.75, 3.05) is 19.6 Å². The van der Waals surface area contributed by atoms with Crippen LogP contribution >= 0.6 is 0 Å². The second-order valence-electron chi connectivity index (χ2n) is 8.22. The van der Waals surface area contributed by atoms with Crippen LogP contribution < -0.4 is 5.56 Å². The summed E-state index contributed by atoms with van der Waals surface area (Å²) in [5.74, 6) is 0.698. The monoisotopic (exact) mass is 374 g/mol. The molecule has 3 saturated heterocycles. The van der Waals surface area contributed by atoms with Gasteiger partial charge in [-0.15, -0.1) is 0 Å². The summed E-state index contributed by atoms with van der Waals surface area (Å²) in [6.07, 6.45) is 4.35. The lowest BCUT2D eigenvalue weighted by molar-refractivity contribution is 0.123. The molecule has 3 aromatic rings. The van der Waals surface area contributed by atoms with Crippen LogP contribution in [0.2, 0.25) is 0 Å². The van der Waals surface area contributed by atoms with E-state index in [1.54, 1.807) is 16.7 Å². The Morgan fingerprint density at radius 1 is 0.929 bits per heavy atom. The highest BCUT2D eigenvalue weighted by Crippen LogP contribution is 2.29. The number of hydrogen-bond donors (Lipinski definition) is 0. The van der Waals surface area contributed by atoms with Crippen molar-refractivity contribution in [3.63, 3.8) is 0 Å². The molecule has 2 atom stereocenters. The smallest absolute Gasteiger partial charge is 0.258 e. The van der Waals surface area contributed by atoms with Crippen LogP contribution in [0, 0.1) is 5.92 Å². The number of benzene rings is 1. The number of rotatable bonds is 4. The molecule has 1 aromatic carbocycles. The van der Waals surface area contributed by atoms with Crippen molar-refractivity contribution in [3.8, 4) is 0 Å². The van der Waals surface area contributed by atoms with Crippen molar-refractivity contribution in [2.24, 2.45) is 5.92 Å². The van der Waals surface area contributed by atoms with Gasteiger partial charge in [0, 0.05) is 51.0 Å². The van der Waals surface area contributed by atoms with Gasteiger partial charge in [0.25, 0.3) is 5.56 Å². The second-order valence-corrected chi connectivity index (χ2v) is 8.22. The molecule has 0 saturated carbocycles. The number of hydrogen-bond acceptors (Lipinski definition) is 4.